The molecule has 2 fully saturated rings. The van der Waals surface area contributed by atoms with Crippen molar-refractivity contribution >= 4 is 22.0 Å². The quantitative estimate of drug-likeness (QED) is 0.634. The molecule has 0 aromatic carbocycles. The van der Waals surface area contributed by atoms with Crippen molar-refractivity contribution in [2.75, 3.05) is 6.54 Å². The Balaban J connectivity index is 2.07. The zero-order valence-electron chi connectivity index (χ0n) is 11.2. The predicted molar refractivity (Wildman–Crippen MR) is 71.5 cm³/mol. The van der Waals surface area contributed by atoms with Crippen molar-refractivity contribution in [2.24, 2.45) is 5.92 Å². The van der Waals surface area contributed by atoms with Crippen molar-refractivity contribution in [1.29, 1.82) is 0 Å². The lowest BCUT2D eigenvalue weighted by Gasteiger charge is -2.28. The Morgan fingerprint density at radius 2 is 2.06 bits per heavy atom. The number of ether oxygens (including phenoxy) is 1. The number of halogens is 2. The number of nitrogens with zero attached hydrogens (tertiary/aromatic N) is 1. The second-order valence-corrected chi connectivity index (χ2v) is 7.46. The molecule has 0 aromatic rings. The highest BCUT2D eigenvalue weighted by atomic mass is 79.9. The number of fused-ring (bicyclic) bond motifs is 1. The lowest BCUT2D eigenvalue weighted by atomic mass is 10.1. The van der Waals surface area contributed by atoms with E-state index >= 15 is 0 Å². The zero-order valence-corrected chi connectivity index (χ0v) is 12.8. The van der Waals surface area contributed by atoms with Gasteiger partial charge in [0.15, 0.2) is 4.58 Å². The van der Waals surface area contributed by atoms with E-state index in [4.69, 9.17) is 4.74 Å². The molecular formula is C13H21BrFNO2. The third-order valence-electron chi connectivity index (χ3n) is 3.54. The molecule has 1 aliphatic heterocycles. The van der Waals surface area contributed by atoms with E-state index in [1.165, 1.54) is 0 Å². The smallest absolute Gasteiger partial charge is 0.410 e. The first kappa shape index (κ1) is 14.1. The predicted octanol–water partition coefficient (Wildman–Crippen LogP) is 3.86. The molecule has 5 heteroatoms. The number of likely N-dealkylation sites (tertiary alicyclic amines) is 1. The minimum atomic E-state index is -1.41. The maximum absolute atomic E-state index is 14.2. The van der Waals surface area contributed by atoms with Crippen molar-refractivity contribution in [3.63, 3.8) is 0 Å². The van der Waals surface area contributed by atoms with Gasteiger partial charge in [0, 0.05) is 12.5 Å². The van der Waals surface area contributed by atoms with Crippen LogP contribution in [0.25, 0.3) is 0 Å². The summed E-state index contributed by atoms with van der Waals surface area (Å²) in [5, 5.41) is 0. The molecule has 104 valence electrons. The molecule has 2 aliphatic rings. The van der Waals surface area contributed by atoms with Gasteiger partial charge in [0.05, 0.1) is 6.04 Å². The topological polar surface area (TPSA) is 29.5 Å². The first-order valence-electron chi connectivity index (χ1n) is 6.61. The Morgan fingerprint density at radius 3 is 2.67 bits per heavy atom. The van der Waals surface area contributed by atoms with Crippen LogP contribution in [0.15, 0.2) is 0 Å². The van der Waals surface area contributed by atoms with Crippen molar-refractivity contribution in [2.45, 2.75) is 62.7 Å². The van der Waals surface area contributed by atoms with E-state index in [1.807, 2.05) is 20.8 Å². The molecule has 3 nitrogen and oxygen atoms in total. The van der Waals surface area contributed by atoms with Crippen molar-refractivity contribution in [3.8, 4) is 0 Å². The summed E-state index contributed by atoms with van der Waals surface area (Å²) < 4.78 is 18.2. The fraction of sp³-hybridized carbons (Fsp3) is 0.923. The zero-order chi connectivity index (χ0) is 13.6. The van der Waals surface area contributed by atoms with Crippen molar-refractivity contribution < 1.29 is 13.9 Å². The molecule has 3 unspecified atom stereocenters. The van der Waals surface area contributed by atoms with Crippen LogP contribution in [0.2, 0.25) is 0 Å². The maximum Gasteiger partial charge on any atom is 0.410 e. The molecule has 0 spiro atoms. The molecule has 1 aliphatic carbocycles. The molecule has 3 atom stereocenters. The number of hydrogen-bond donors (Lipinski definition) is 0. The number of amides is 1. The van der Waals surface area contributed by atoms with Crippen LogP contribution in [-0.2, 0) is 4.74 Å². The van der Waals surface area contributed by atoms with Crippen LogP contribution in [-0.4, -0.2) is 33.8 Å². The molecule has 0 radical (unpaired) electrons. The van der Waals surface area contributed by atoms with E-state index in [0.717, 1.165) is 25.7 Å². The summed E-state index contributed by atoms with van der Waals surface area (Å²) in [5.74, 6) is -0.0784. The summed E-state index contributed by atoms with van der Waals surface area (Å²) in [5.41, 5.74) is -0.533. The molecule has 18 heavy (non-hydrogen) atoms. The highest BCUT2D eigenvalue weighted by Gasteiger charge is 2.68. The van der Waals surface area contributed by atoms with E-state index in [1.54, 1.807) is 4.90 Å². The van der Waals surface area contributed by atoms with Gasteiger partial charge in [-0.05, 0) is 49.5 Å². The Labute approximate surface area is 116 Å². The second kappa shape index (κ2) is 4.66. The Bertz CT molecular complexity index is 340. The molecule has 1 saturated heterocycles. The van der Waals surface area contributed by atoms with Crippen LogP contribution in [0.1, 0.15) is 46.5 Å². The Kier molecular flexibility index (Phi) is 3.65. The van der Waals surface area contributed by atoms with Gasteiger partial charge in [-0.2, -0.15) is 0 Å². The minimum Gasteiger partial charge on any atom is -0.444 e. The van der Waals surface area contributed by atoms with Crippen LogP contribution < -0.4 is 0 Å². The van der Waals surface area contributed by atoms with Gasteiger partial charge in [0.2, 0.25) is 0 Å². The normalized spacial score (nSPS) is 36.4. The lowest BCUT2D eigenvalue weighted by Crippen LogP contribution is -2.41. The summed E-state index contributed by atoms with van der Waals surface area (Å²) in [7, 11) is 0. The fourth-order valence-corrected chi connectivity index (χ4v) is 3.55. The molecule has 0 aromatic heterocycles. The van der Waals surface area contributed by atoms with Gasteiger partial charge in [0.1, 0.15) is 5.60 Å². The highest BCUT2D eigenvalue weighted by molar-refractivity contribution is 9.10. The Morgan fingerprint density at radius 1 is 1.39 bits per heavy atom. The number of carbonyl (C=O) groups excluding carboxylic acids is 1. The second-order valence-electron chi connectivity index (χ2n) is 6.25. The molecule has 2 rings (SSSR count). The molecule has 1 amide bonds. The summed E-state index contributed by atoms with van der Waals surface area (Å²) >= 11 is 3.12. The third-order valence-corrected chi connectivity index (χ3v) is 4.60. The largest absolute Gasteiger partial charge is 0.444 e. The van der Waals surface area contributed by atoms with E-state index in [-0.39, 0.29) is 12.0 Å². The molecule has 0 bridgehead atoms. The molecular weight excluding hydrogens is 301 g/mol. The first-order chi connectivity index (χ1) is 8.23. The van der Waals surface area contributed by atoms with Gasteiger partial charge in [0.25, 0.3) is 0 Å². The fourth-order valence-electron chi connectivity index (χ4n) is 2.64. The first-order valence-corrected chi connectivity index (χ1v) is 7.40. The number of rotatable bonds is 0. The van der Waals surface area contributed by atoms with Crippen LogP contribution in [0.4, 0.5) is 9.18 Å². The number of carbonyl (C=O) groups is 1. The van der Waals surface area contributed by atoms with Crippen LogP contribution >= 0.6 is 15.9 Å². The van der Waals surface area contributed by atoms with Gasteiger partial charge in [-0.25, -0.2) is 9.18 Å². The van der Waals surface area contributed by atoms with E-state index < -0.39 is 16.3 Å². The minimum absolute atomic E-state index is 0.0784. The average Bonchev–Trinajstić information content (AvgIpc) is 2.62. The van der Waals surface area contributed by atoms with E-state index in [2.05, 4.69) is 15.9 Å². The highest BCUT2D eigenvalue weighted by Crippen LogP contribution is 2.58. The van der Waals surface area contributed by atoms with Gasteiger partial charge in [-0.15, -0.1) is 0 Å². The Hall–Kier alpha value is -0.320. The number of alkyl halides is 2. The van der Waals surface area contributed by atoms with Gasteiger partial charge < -0.3 is 9.64 Å². The maximum atomic E-state index is 14.2. The molecule has 0 N–H and O–H groups in total. The van der Waals surface area contributed by atoms with Crippen LogP contribution in [0.5, 0.6) is 0 Å². The number of hydrogen-bond acceptors (Lipinski definition) is 2. The summed E-state index contributed by atoms with van der Waals surface area (Å²) in [6.45, 7) is 6.08. The van der Waals surface area contributed by atoms with Crippen LogP contribution in [0, 0.1) is 5.92 Å². The third kappa shape index (κ3) is 2.81. The summed E-state index contributed by atoms with van der Waals surface area (Å²) in [6, 6.07) is -0.354. The van der Waals surface area contributed by atoms with Gasteiger partial charge >= 0.3 is 6.09 Å². The molecule has 1 heterocycles. The molecule has 1 saturated carbocycles. The van der Waals surface area contributed by atoms with Crippen LogP contribution in [0.3, 0.4) is 0 Å². The average molecular weight is 322 g/mol. The lowest BCUT2D eigenvalue weighted by molar-refractivity contribution is 0.0198. The van der Waals surface area contributed by atoms with E-state index in [9.17, 15) is 9.18 Å². The summed E-state index contributed by atoms with van der Waals surface area (Å²) in [6.07, 6.45) is 3.46. The van der Waals surface area contributed by atoms with Gasteiger partial charge in [-0.1, -0.05) is 12.8 Å². The standard InChI is InChI=1S/C13H21BrFNO2/c1-12(2,3)18-11(17)16-8-6-4-5-7-9-10(16)13(9,14)15/h9-10H,4-8H2,1-3H3. The van der Waals surface area contributed by atoms with Crippen molar-refractivity contribution in [3.05, 3.63) is 0 Å². The van der Waals surface area contributed by atoms with E-state index in [0.29, 0.717) is 6.54 Å². The SMILES string of the molecule is CC(C)(C)OC(=O)N1CCCCCC2C1C2(F)Br. The van der Waals surface area contributed by atoms with Gasteiger partial charge in [-0.3, -0.25) is 0 Å². The van der Waals surface area contributed by atoms with Crippen molar-refractivity contribution in [1.82, 2.24) is 4.90 Å². The summed E-state index contributed by atoms with van der Waals surface area (Å²) in [4.78, 5) is 13.7. The monoisotopic (exact) mass is 321 g/mol.